The minimum atomic E-state index is -1.13. The Balaban J connectivity index is 1.66. The monoisotopic (exact) mass is 329 g/mol. The molecule has 2 heterocycles. The van der Waals surface area contributed by atoms with E-state index in [0.29, 0.717) is 19.4 Å². The van der Waals surface area contributed by atoms with Crippen LogP contribution in [0.25, 0.3) is 0 Å². The summed E-state index contributed by atoms with van der Waals surface area (Å²) in [6, 6.07) is 9.57. The van der Waals surface area contributed by atoms with Gasteiger partial charge in [-0.05, 0) is 24.8 Å². The fourth-order valence-corrected chi connectivity index (χ4v) is 3.09. The fraction of sp³-hybridized carbons (Fsp3) is 0.353. The summed E-state index contributed by atoms with van der Waals surface area (Å²) in [4.78, 5) is 38.5. The minimum absolute atomic E-state index is 0.0219. The summed E-state index contributed by atoms with van der Waals surface area (Å²) in [6.45, 7) is 0.504. The summed E-state index contributed by atoms with van der Waals surface area (Å²) in [5.41, 5.74) is 1.05. The van der Waals surface area contributed by atoms with Crippen LogP contribution in [0.1, 0.15) is 24.8 Å². The summed E-state index contributed by atoms with van der Waals surface area (Å²) in [5.74, 6) is -0.621. The van der Waals surface area contributed by atoms with Crippen molar-refractivity contribution in [1.29, 1.82) is 0 Å². The molecular formula is C17H19N3O4. The van der Waals surface area contributed by atoms with Gasteiger partial charge in [-0.2, -0.15) is 0 Å². The molecule has 2 N–H and O–H groups in total. The zero-order valence-corrected chi connectivity index (χ0v) is 13.1. The van der Waals surface area contributed by atoms with Gasteiger partial charge >= 0.3 is 6.09 Å². The van der Waals surface area contributed by atoms with E-state index >= 15 is 0 Å². The fourth-order valence-electron chi connectivity index (χ4n) is 3.09. The number of carboxylic acid groups (broad SMARTS) is 1. The number of fused-ring (bicyclic) bond motifs is 1. The van der Waals surface area contributed by atoms with Crippen molar-refractivity contribution < 1.29 is 19.5 Å². The second-order valence-corrected chi connectivity index (χ2v) is 5.89. The highest BCUT2D eigenvalue weighted by atomic mass is 16.4. The predicted molar refractivity (Wildman–Crippen MR) is 85.6 cm³/mol. The number of aryl methyl sites for hydroxylation is 1. The summed E-state index contributed by atoms with van der Waals surface area (Å²) in [5, 5.41) is 11.9. The average molecular weight is 329 g/mol. The Morgan fingerprint density at radius 2 is 2.00 bits per heavy atom. The zero-order valence-electron chi connectivity index (χ0n) is 13.1. The molecule has 1 saturated heterocycles. The summed E-state index contributed by atoms with van der Waals surface area (Å²) in [6.07, 6.45) is 1.80. The van der Waals surface area contributed by atoms with Gasteiger partial charge in [0.25, 0.3) is 5.91 Å². The summed E-state index contributed by atoms with van der Waals surface area (Å²) in [7, 11) is 0. The molecule has 24 heavy (non-hydrogen) atoms. The first-order chi connectivity index (χ1) is 11.6. The van der Waals surface area contributed by atoms with Crippen LogP contribution in [0.15, 0.2) is 42.2 Å². The number of hydrogen-bond donors (Lipinski definition) is 2. The van der Waals surface area contributed by atoms with E-state index in [9.17, 15) is 19.5 Å². The largest absolute Gasteiger partial charge is 0.465 e. The van der Waals surface area contributed by atoms with E-state index in [-0.39, 0.29) is 23.9 Å². The number of nitrogens with zero attached hydrogens (tertiary/aromatic N) is 2. The van der Waals surface area contributed by atoms with Crippen molar-refractivity contribution in [3.63, 3.8) is 0 Å². The molecule has 7 heteroatoms. The van der Waals surface area contributed by atoms with E-state index < -0.39 is 12.3 Å². The number of amides is 3. The SMILES string of the molecule is O=C(CCc1ccccc1)NC1=CN(C(=O)O)C2CCCN2C1=O. The van der Waals surface area contributed by atoms with Gasteiger partial charge in [0.1, 0.15) is 11.9 Å². The minimum Gasteiger partial charge on any atom is -0.465 e. The molecule has 1 atom stereocenters. The molecule has 0 aliphatic carbocycles. The molecule has 0 saturated carbocycles. The number of carbonyl (C=O) groups excluding carboxylic acids is 2. The van der Waals surface area contributed by atoms with Crippen LogP contribution in [-0.4, -0.2) is 45.5 Å². The lowest BCUT2D eigenvalue weighted by molar-refractivity contribution is -0.133. The van der Waals surface area contributed by atoms with Crippen LogP contribution in [0.4, 0.5) is 4.79 Å². The lowest BCUT2D eigenvalue weighted by Gasteiger charge is -2.36. The van der Waals surface area contributed by atoms with E-state index in [1.165, 1.54) is 11.1 Å². The highest BCUT2D eigenvalue weighted by molar-refractivity contribution is 5.99. The first-order valence-electron chi connectivity index (χ1n) is 7.94. The maximum absolute atomic E-state index is 12.4. The van der Waals surface area contributed by atoms with E-state index in [1.807, 2.05) is 30.3 Å². The van der Waals surface area contributed by atoms with Crippen molar-refractivity contribution in [2.75, 3.05) is 6.54 Å². The number of hydrogen-bond acceptors (Lipinski definition) is 3. The van der Waals surface area contributed by atoms with Gasteiger partial charge < -0.3 is 15.3 Å². The number of nitrogens with one attached hydrogen (secondary N) is 1. The molecule has 3 amide bonds. The van der Waals surface area contributed by atoms with Crippen molar-refractivity contribution in [2.24, 2.45) is 0 Å². The molecular weight excluding hydrogens is 310 g/mol. The van der Waals surface area contributed by atoms with Crippen LogP contribution >= 0.6 is 0 Å². The van der Waals surface area contributed by atoms with E-state index in [2.05, 4.69) is 5.32 Å². The maximum Gasteiger partial charge on any atom is 0.413 e. The standard InChI is InChI=1S/C17H19N3O4/c21-14(9-8-12-5-2-1-3-6-12)18-13-11-20(17(23)24)15-7-4-10-19(15)16(13)22/h1-3,5-6,11,15H,4,7-10H2,(H,18,21)(H,23,24). The first-order valence-corrected chi connectivity index (χ1v) is 7.94. The second kappa shape index (κ2) is 6.74. The van der Waals surface area contributed by atoms with Gasteiger partial charge in [-0.25, -0.2) is 4.79 Å². The molecule has 0 radical (unpaired) electrons. The van der Waals surface area contributed by atoms with Crippen LogP contribution in [0, 0.1) is 0 Å². The third-order valence-corrected chi connectivity index (χ3v) is 4.28. The number of rotatable bonds is 4. The maximum atomic E-state index is 12.4. The smallest absolute Gasteiger partial charge is 0.413 e. The van der Waals surface area contributed by atoms with Crippen molar-refractivity contribution >= 4 is 17.9 Å². The van der Waals surface area contributed by atoms with Crippen molar-refractivity contribution in [1.82, 2.24) is 15.1 Å². The Morgan fingerprint density at radius 3 is 2.71 bits per heavy atom. The average Bonchev–Trinajstić information content (AvgIpc) is 3.06. The second-order valence-electron chi connectivity index (χ2n) is 5.89. The van der Waals surface area contributed by atoms with Crippen LogP contribution in [0.2, 0.25) is 0 Å². The molecule has 2 aliphatic heterocycles. The van der Waals surface area contributed by atoms with Crippen molar-refractivity contribution in [3.8, 4) is 0 Å². The van der Waals surface area contributed by atoms with Crippen LogP contribution < -0.4 is 5.32 Å². The quantitative estimate of drug-likeness (QED) is 0.876. The van der Waals surface area contributed by atoms with Gasteiger partial charge in [0, 0.05) is 19.2 Å². The lowest BCUT2D eigenvalue weighted by Crippen LogP contribution is -2.53. The molecule has 126 valence electrons. The Morgan fingerprint density at radius 1 is 1.25 bits per heavy atom. The number of carbonyl (C=O) groups is 3. The molecule has 0 bridgehead atoms. The normalized spacial score (nSPS) is 19.8. The molecule has 0 aromatic heterocycles. The Kier molecular flexibility index (Phi) is 4.50. The van der Waals surface area contributed by atoms with Crippen LogP contribution in [0.3, 0.4) is 0 Å². The van der Waals surface area contributed by atoms with E-state index in [1.54, 1.807) is 0 Å². The van der Waals surface area contributed by atoms with Gasteiger partial charge in [0.05, 0.1) is 0 Å². The highest BCUT2D eigenvalue weighted by Crippen LogP contribution is 2.27. The molecule has 2 aliphatic rings. The van der Waals surface area contributed by atoms with E-state index in [0.717, 1.165) is 16.9 Å². The number of benzene rings is 1. The molecule has 1 aromatic rings. The van der Waals surface area contributed by atoms with Gasteiger partial charge in [-0.3, -0.25) is 14.5 Å². The Labute approximate surface area is 139 Å². The lowest BCUT2D eigenvalue weighted by atomic mass is 10.1. The van der Waals surface area contributed by atoms with Crippen molar-refractivity contribution in [3.05, 3.63) is 47.8 Å². The summed E-state index contributed by atoms with van der Waals surface area (Å²) < 4.78 is 0. The van der Waals surface area contributed by atoms with E-state index in [4.69, 9.17) is 0 Å². The molecule has 0 spiro atoms. The van der Waals surface area contributed by atoms with Gasteiger partial charge in [-0.1, -0.05) is 30.3 Å². The third-order valence-electron chi connectivity index (χ3n) is 4.28. The third kappa shape index (κ3) is 3.24. The van der Waals surface area contributed by atoms with Crippen LogP contribution in [0.5, 0.6) is 0 Å². The van der Waals surface area contributed by atoms with Gasteiger partial charge in [-0.15, -0.1) is 0 Å². The predicted octanol–water partition coefficient (Wildman–Crippen LogP) is 1.52. The molecule has 1 aromatic carbocycles. The zero-order chi connectivity index (χ0) is 17.1. The Bertz CT molecular complexity index is 686. The summed E-state index contributed by atoms with van der Waals surface area (Å²) >= 11 is 0. The highest BCUT2D eigenvalue weighted by Gasteiger charge is 2.40. The Hall–Kier alpha value is -2.83. The van der Waals surface area contributed by atoms with Gasteiger partial charge in [0.15, 0.2) is 0 Å². The molecule has 3 rings (SSSR count). The molecule has 1 fully saturated rings. The first kappa shape index (κ1) is 16.0. The van der Waals surface area contributed by atoms with Crippen molar-refractivity contribution in [2.45, 2.75) is 31.8 Å². The topological polar surface area (TPSA) is 89.9 Å². The molecule has 1 unspecified atom stereocenters. The van der Waals surface area contributed by atoms with Gasteiger partial charge in [0.2, 0.25) is 5.91 Å². The van der Waals surface area contributed by atoms with Crippen LogP contribution in [-0.2, 0) is 16.0 Å². The molecule has 7 nitrogen and oxygen atoms in total.